The normalized spacial score (nSPS) is 18.9. The summed E-state index contributed by atoms with van der Waals surface area (Å²) < 4.78 is 17.0. The van der Waals surface area contributed by atoms with Gasteiger partial charge in [-0.05, 0) is 49.6 Å². The number of pyridine rings is 1. The molecule has 0 radical (unpaired) electrons. The third-order valence-electron chi connectivity index (χ3n) is 7.04. The molecule has 6 rings (SSSR count). The van der Waals surface area contributed by atoms with E-state index in [1.807, 2.05) is 46.7 Å². The van der Waals surface area contributed by atoms with Crippen molar-refractivity contribution in [3.63, 3.8) is 0 Å². The van der Waals surface area contributed by atoms with Gasteiger partial charge in [-0.1, -0.05) is 41.1 Å². The van der Waals surface area contributed by atoms with Crippen LogP contribution < -0.4 is 5.56 Å². The van der Waals surface area contributed by atoms with Crippen LogP contribution in [0, 0.1) is 18.7 Å². The standard InChI is InChI=1S/C27H24FN5O2/c1-17-5-7-19(8-6-17)26-25(29-30-33(26)22-11-9-21(28)10-12-22)27(35)31-14-18-13-20(16-31)23-3-2-4-24(34)32(23)15-18/h2-12,18,20H,13-16H2,1H3/t18-,20+/m1/s1. The molecule has 2 bridgehead atoms. The maximum absolute atomic E-state index is 13.9. The molecule has 2 aromatic carbocycles. The van der Waals surface area contributed by atoms with Gasteiger partial charge in [-0.15, -0.1) is 5.10 Å². The summed E-state index contributed by atoms with van der Waals surface area (Å²) in [5.74, 6) is -0.216. The molecule has 1 fully saturated rings. The summed E-state index contributed by atoms with van der Waals surface area (Å²) in [4.78, 5) is 28.0. The molecule has 2 aromatic heterocycles. The van der Waals surface area contributed by atoms with Gasteiger partial charge in [-0.25, -0.2) is 9.07 Å². The zero-order chi connectivity index (χ0) is 24.1. The summed E-state index contributed by atoms with van der Waals surface area (Å²) in [6.07, 6.45) is 0.959. The van der Waals surface area contributed by atoms with Gasteiger partial charge in [0.05, 0.1) is 5.69 Å². The Kier molecular flexibility index (Phi) is 5.09. The number of carbonyl (C=O) groups excluding carboxylic acids is 1. The van der Waals surface area contributed by atoms with Crippen molar-refractivity contribution in [2.45, 2.75) is 25.8 Å². The number of aryl methyl sites for hydroxylation is 1. The summed E-state index contributed by atoms with van der Waals surface area (Å²) in [5.41, 5.74) is 4.37. The molecule has 0 aliphatic carbocycles. The Balaban J connectivity index is 1.40. The van der Waals surface area contributed by atoms with Crippen molar-refractivity contribution >= 4 is 5.91 Å². The summed E-state index contributed by atoms with van der Waals surface area (Å²) in [6, 6.07) is 19.2. The van der Waals surface area contributed by atoms with Gasteiger partial charge < -0.3 is 9.47 Å². The fraction of sp³-hybridized carbons (Fsp3) is 0.259. The molecule has 1 amide bonds. The molecule has 35 heavy (non-hydrogen) atoms. The van der Waals surface area contributed by atoms with Crippen LogP contribution >= 0.6 is 0 Å². The van der Waals surface area contributed by atoms with Gasteiger partial charge in [0.15, 0.2) is 5.69 Å². The van der Waals surface area contributed by atoms with Crippen molar-refractivity contribution in [1.29, 1.82) is 0 Å². The lowest BCUT2D eigenvalue weighted by Crippen LogP contribution is -2.49. The van der Waals surface area contributed by atoms with Crippen LogP contribution in [0.3, 0.4) is 0 Å². The average Bonchev–Trinajstić information content (AvgIpc) is 3.30. The Hall–Kier alpha value is -4.07. The van der Waals surface area contributed by atoms with E-state index in [1.165, 1.54) is 12.1 Å². The third kappa shape index (κ3) is 3.75. The number of amides is 1. The van der Waals surface area contributed by atoms with Crippen LogP contribution in [0.4, 0.5) is 4.39 Å². The zero-order valence-electron chi connectivity index (χ0n) is 19.3. The van der Waals surface area contributed by atoms with Gasteiger partial charge in [0.25, 0.3) is 11.5 Å². The minimum atomic E-state index is -0.346. The molecule has 7 nitrogen and oxygen atoms in total. The first kappa shape index (κ1) is 21.5. The van der Waals surface area contributed by atoms with Crippen molar-refractivity contribution < 1.29 is 9.18 Å². The number of aromatic nitrogens is 4. The first-order chi connectivity index (χ1) is 17.0. The number of carbonyl (C=O) groups is 1. The summed E-state index contributed by atoms with van der Waals surface area (Å²) >= 11 is 0. The number of halogens is 1. The van der Waals surface area contributed by atoms with Crippen LogP contribution in [0.5, 0.6) is 0 Å². The lowest BCUT2D eigenvalue weighted by Gasteiger charge is -2.42. The topological polar surface area (TPSA) is 73.0 Å². The Bertz CT molecular complexity index is 1470. The second-order valence-electron chi connectivity index (χ2n) is 9.45. The minimum Gasteiger partial charge on any atom is -0.336 e. The molecule has 0 saturated carbocycles. The highest BCUT2D eigenvalue weighted by atomic mass is 19.1. The van der Waals surface area contributed by atoms with Gasteiger partial charge in [0.2, 0.25) is 0 Å². The quantitative estimate of drug-likeness (QED) is 0.458. The third-order valence-corrected chi connectivity index (χ3v) is 7.04. The Labute approximate surface area is 201 Å². The average molecular weight is 470 g/mol. The SMILES string of the molecule is Cc1ccc(-c2c(C(=O)N3C[C@H]4C[C@@H](C3)c3cccc(=O)n3C4)nnn2-c2ccc(F)cc2)cc1. The van der Waals surface area contributed by atoms with E-state index in [0.29, 0.717) is 31.0 Å². The van der Waals surface area contributed by atoms with Gasteiger partial charge in [0.1, 0.15) is 11.5 Å². The largest absolute Gasteiger partial charge is 0.336 e. The molecule has 0 spiro atoms. The molecule has 4 heterocycles. The van der Waals surface area contributed by atoms with Crippen molar-refractivity contribution in [3.8, 4) is 16.9 Å². The molecule has 1 saturated heterocycles. The Morgan fingerprint density at radius 2 is 1.74 bits per heavy atom. The second kappa shape index (κ2) is 8.30. The smallest absolute Gasteiger partial charge is 0.276 e. The maximum atomic E-state index is 13.9. The van der Waals surface area contributed by atoms with E-state index in [0.717, 1.165) is 23.2 Å². The van der Waals surface area contributed by atoms with Gasteiger partial charge >= 0.3 is 0 Å². The highest BCUT2D eigenvalue weighted by molar-refractivity contribution is 5.98. The first-order valence-electron chi connectivity index (χ1n) is 11.8. The van der Waals surface area contributed by atoms with Crippen molar-refractivity contribution in [2.75, 3.05) is 13.1 Å². The summed E-state index contributed by atoms with van der Waals surface area (Å²) in [5, 5.41) is 8.62. The van der Waals surface area contributed by atoms with Crippen LogP contribution in [-0.4, -0.2) is 43.5 Å². The van der Waals surface area contributed by atoms with Crippen molar-refractivity contribution in [1.82, 2.24) is 24.5 Å². The van der Waals surface area contributed by atoms with Gasteiger partial charge in [-0.2, -0.15) is 0 Å². The van der Waals surface area contributed by atoms with E-state index >= 15 is 0 Å². The summed E-state index contributed by atoms with van der Waals surface area (Å²) in [6.45, 7) is 3.70. The number of rotatable bonds is 3. The number of benzene rings is 2. The van der Waals surface area contributed by atoms with Crippen molar-refractivity contribution in [2.24, 2.45) is 5.92 Å². The molecule has 0 unspecified atom stereocenters. The van der Waals surface area contributed by atoms with E-state index in [4.69, 9.17) is 0 Å². The van der Waals surface area contributed by atoms with Crippen LogP contribution in [0.15, 0.2) is 71.5 Å². The van der Waals surface area contributed by atoms with Crippen LogP contribution in [-0.2, 0) is 6.54 Å². The number of piperidine rings is 1. The minimum absolute atomic E-state index is 0.0147. The molecule has 0 N–H and O–H groups in total. The van der Waals surface area contributed by atoms with E-state index < -0.39 is 0 Å². The van der Waals surface area contributed by atoms with E-state index in [1.54, 1.807) is 28.9 Å². The lowest BCUT2D eigenvalue weighted by molar-refractivity contribution is 0.0589. The molecular weight excluding hydrogens is 445 g/mol. The zero-order valence-corrected chi connectivity index (χ0v) is 19.3. The van der Waals surface area contributed by atoms with E-state index in [2.05, 4.69) is 10.3 Å². The first-order valence-corrected chi connectivity index (χ1v) is 11.8. The monoisotopic (exact) mass is 469 g/mol. The number of hydrogen-bond acceptors (Lipinski definition) is 4. The van der Waals surface area contributed by atoms with Crippen LogP contribution in [0.2, 0.25) is 0 Å². The number of hydrogen-bond donors (Lipinski definition) is 0. The molecule has 8 heteroatoms. The highest BCUT2D eigenvalue weighted by Crippen LogP contribution is 2.36. The lowest BCUT2D eigenvalue weighted by atomic mass is 9.83. The molecule has 4 aromatic rings. The molecule has 2 aliphatic rings. The molecule has 176 valence electrons. The maximum Gasteiger partial charge on any atom is 0.276 e. The van der Waals surface area contributed by atoms with Crippen molar-refractivity contribution in [3.05, 3.63) is 99.9 Å². The van der Waals surface area contributed by atoms with Gasteiger partial charge in [-0.3, -0.25) is 9.59 Å². The number of fused-ring (bicyclic) bond motifs is 4. The van der Waals surface area contributed by atoms with Crippen LogP contribution in [0.25, 0.3) is 16.9 Å². The number of nitrogens with zero attached hydrogens (tertiary/aromatic N) is 5. The molecule has 2 aliphatic heterocycles. The fourth-order valence-corrected chi connectivity index (χ4v) is 5.37. The fourth-order valence-electron chi connectivity index (χ4n) is 5.37. The van der Waals surface area contributed by atoms with E-state index in [9.17, 15) is 14.0 Å². The Morgan fingerprint density at radius 3 is 2.51 bits per heavy atom. The summed E-state index contributed by atoms with van der Waals surface area (Å²) in [7, 11) is 0. The number of likely N-dealkylation sites (tertiary alicyclic amines) is 1. The van der Waals surface area contributed by atoms with Gasteiger partial charge in [0, 0.05) is 42.9 Å². The molecular formula is C27H24FN5O2. The highest BCUT2D eigenvalue weighted by Gasteiger charge is 2.38. The second-order valence-corrected chi connectivity index (χ2v) is 9.45. The van der Waals surface area contributed by atoms with E-state index in [-0.39, 0.29) is 34.8 Å². The predicted octanol–water partition coefficient (Wildman–Crippen LogP) is 3.80. The Morgan fingerprint density at radius 1 is 0.971 bits per heavy atom. The molecule has 2 atom stereocenters. The van der Waals surface area contributed by atoms with Crippen LogP contribution in [0.1, 0.15) is 34.1 Å². The predicted molar refractivity (Wildman–Crippen MR) is 129 cm³/mol.